The number of anilines is 2. The number of rotatable bonds is 5. The summed E-state index contributed by atoms with van der Waals surface area (Å²) < 4.78 is 0. The van der Waals surface area contributed by atoms with Gasteiger partial charge in [0.2, 0.25) is 0 Å². The van der Waals surface area contributed by atoms with Crippen molar-refractivity contribution >= 4 is 17.4 Å². The monoisotopic (exact) mass is 386 g/mol. The van der Waals surface area contributed by atoms with Crippen LogP contribution in [-0.2, 0) is 6.54 Å². The lowest BCUT2D eigenvalue weighted by atomic mass is 9.99. The molecule has 1 saturated heterocycles. The lowest BCUT2D eigenvalue weighted by Crippen LogP contribution is -2.34. The van der Waals surface area contributed by atoms with E-state index in [9.17, 15) is 4.79 Å². The van der Waals surface area contributed by atoms with Crippen molar-refractivity contribution in [2.75, 3.05) is 22.9 Å². The molecule has 1 aliphatic rings. The van der Waals surface area contributed by atoms with Gasteiger partial charge in [0.05, 0.1) is 6.54 Å². The normalized spacial score (nSPS) is 14.6. The number of hydrogen-bond acceptors (Lipinski definition) is 4. The molecule has 5 nitrogen and oxygen atoms in total. The molecule has 0 bridgehead atoms. The van der Waals surface area contributed by atoms with Crippen LogP contribution < -0.4 is 9.80 Å². The third-order valence-corrected chi connectivity index (χ3v) is 5.48. The third-order valence-electron chi connectivity index (χ3n) is 5.48. The first kappa shape index (κ1) is 19.1. The second-order valence-corrected chi connectivity index (χ2v) is 7.64. The molecule has 1 aliphatic heterocycles. The molecule has 5 heteroatoms. The molecular formula is C24H26N4O. The zero-order valence-corrected chi connectivity index (χ0v) is 16.7. The number of piperidine rings is 1. The predicted molar refractivity (Wildman–Crippen MR) is 116 cm³/mol. The van der Waals surface area contributed by atoms with Gasteiger partial charge in [-0.05, 0) is 36.5 Å². The Balaban J connectivity index is 1.61. The van der Waals surface area contributed by atoms with Gasteiger partial charge in [0.15, 0.2) is 0 Å². The zero-order valence-electron chi connectivity index (χ0n) is 16.7. The number of carbonyl (C=O) groups excluding carboxylic acids is 1. The predicted octanol–water partition coefficient (Wildman–Crippen LogP) is 4.56. The maximum atomic E-state index is 13.5. The van der Waals surface area contributed by atoms with Crippen LogP contribution in [0, 0.1) is 5.92 Å². The maximum absolute atomic E-state index is 13.5. The van der Waals surface area contributed by atoms with Gasteiger partial charge in [-0.3, -0.25) is 4.79 Å². The summed E-state index contributed by atoms with van der Waals surface area (Å²) in [7, 11) is 0. The Morgan fingerprint density at radius 2 is 1.66 bits per heavy atom. The van der Waals surface area contributed by atoms with E-state index in [4.69, 9.17) is 0 Å². The molecule has 0 spiro atoms. The average molecular weight is 386 g/mol. The van der Waals surface area contributed by atoms with Gasteiger partial charge in [0, 0.05) is 24.8 Å². The standard InChI is InChI=1S/C24H26N4O/c1-19-12-14-27(15-13-19)23-16-22(25-18-26-23)24(29)28(21-10-6-3-7-11-21)17-20-8-4-2-5-9-20/h2-11,16,18-19H,12-15,17H2,1H3. The van der Waals surface area contributed by atoms with Crippen LogP contribution in [0.15, 0.2) is 73.1 Å². The van der Waals surface area contributed by atoms with Gasteiger partial charge in [0.1, 0.15) is 17.8 Å². The molecule has 0 unspecified atom stereocenters. The van der Waals surface area contributed by atoms with Gasteiger partial charge in [-0.2, -0.15) is 0 Å². The second-order valence-electron chi connectivity index (χ2n) is 7.64. The van der Waals surface area contributed by atoms with Crippen molar-refractivity contribution in [2.45, 2.75) is 26.3 Å². The molecule has 2 heterocycles. The van der Waals surface area contributed by atoms with Crippen LogP contribution in [0.1, 0.15) is 35.8 Å². The Morgan fingerprint density at radius 3 is 2.34 bits per heavy atom. The van der Waals surface area contributed by atoms with E-state index in [2.05, 4.69) is 21.8 Å². The third kappa shape index (κ3) is 4.62. The molecule has 3 aromatic rings. The van der Waals surface area contributed by atoms with Crippen molar-refractivity contribution in [1.82, 2.24) is 9.97 Å². The Morgan fingerprint density at radius 1 is 1.00 bits per heavy atom. The second kappa shape index (κ2) is 8.86. The lowest BCUT2D eigenvalue weighted by molar-refractivity contribution is 0.0980. The largest absolute Gasteiger partial charge is 0.356 e. The van der Waals surface area contributed by atoms with Gasteiger partial charge in [-0.1, -0.05) is 55.5 Å². The first-order valence-electron chi connectivity index (χ1n) is 10.2. The summed E-state index contributed by atoms with van der Waals surface area (Å²) in [4.78, 5) is 26.2. The SMILES string of the molecule is CC1CCN(c2cc(C(=O)N(Cc3ccccc3)c3ccccc3)ncn2)CC1. The highest BCUT2D eigenvalue weighted by Crippen LogP contribution is 2.23. The van der Waals surface area contributed by atoms with Crippen LogP contribution in [-0.4, -0.2) is 29.0 Å². The van der Waals surface area contributed by atoms with Crippen LogP contribution in [0.3, 0.4) is 0 Å². The highest BCUT2D eigenvalue weighted by molar-refractivity contribution is 6.05. The maximum Gasteiger partial charge on any atom is 0.277 e. The molecule has 0 atom stereocenters. The summed E-state index contributed by atoms with van der Waals surface area (Å²) in [5.41, 5.74) is 2.35. The molecule has 1 fully saturated rings. The van der Waals surface area contributed by atoms with Crippen LogP contribution in [0.5, 0.6) is 0 Å². The first-order chi connectivity index (χ1) is 14.2. The van der Waals surface area contributed by atoms with Crippen LogP contribution in [0.25, 0.3) is 0 Å². The van der Waals surface area contributed by atoms with Crippen LogP contribution >= 0.6 is 0 Å². The number of amides is 1. The van der Waals surface area contributed by atoms with Gasteiger partial charge in [-0.25, -0.2) is 9.97 Å². The van der Waals surface area contributed by atoms with Crippen molar-refractivity contribution in [3.63, 3.8) is 0 Å². The van der Waals surface area contributed by atoms with E-state index in [1.807, 2.05) is 66.7 Å². The number of hydrogen-bond donors (Lipinski definition) is 0. The zero-order chi connectivity index (χ0) is 20.1. The Kier molecular flexibility index (Phi) is 5.84. The fourth-order valence-corrected chi connectivity index (χ4v) is 3.67. The summed E-state index contributed by atoms with van der Waals surface area (Å²) >= 11 is 0. The summed E-state index contributed by atoms with van der Waals surface area (Å²) in [5.74, 6) is 1.46. The Labute approximate surface area is 172 Å². The minimum atomic E-state index is -0.117. The summed E-state index contributed by atoms with van der Waals surface area (Å²) in [6.45, 7) is 4.72. The van der Waals surface area contributed by atoms with E-state index in [0.29, 0.717) is 12.2 Å². The van der Waals surface area contributed by atoms with Gasteiger partial charge < -0.3 is 9.80 Å². The molecule has 1 amide bonds. The van der Waals surface area contributed by atoms with Gasteiger partial charge in [-0.15, -0.1) is 0 Å². The molecule has 1 aromatic heterocycles. The highest BCUT2D eigenvalue weighted by Gasteiger charge is 2.22. The molecule has 4 rings (SSSR count). The summed E-state index contributed by atoms with van der Waals surface area (Å²) in [6, 6.07) is 21.6. The van der Waals surface area contributed by atoms with Crippen molar-refractivity contribution in [1.29, 1.82) is 0 Å². The first-order valence-corrected chi connectivity index (χ1v) is 10.2. The van der Waals surface area contributed by atoms with Crippen LogP contribution in [0.2, 0.25) is 0 Å². The van der Waals surface area contributed by atoms with Gasteiger partial charge >= 0.3 is 0 Å². The summed E-state index contributed by atoms with van der Waals surface area (Å²) in [5, 5.41) is 0. The molecule has 148 valence electrons. The molecule has 0 saturated carbocycles. The fourth-order valence-electron chi connectivity index (χ4n) is 3.67. The lowest BCUT2D eigenvalue weighted by Gasteiger charge is -2.31. The van der Waals surface area contributed by atoms with Gasteiger partial charge in [0.25, 0.3) is 5.91 Å². The van der Waals surface area contributed by atoms with E-state index in [-0.39, 0.29) is 5.91 Å². The number of benzene rings is 2. The highest BCUT2D eigenvalue weighted by atomic mass is 16.2. The molecular weight excluding hydrogens is 360 g/mol. The number of para-hydroxylation sites is 1. The van der Waals surface area contributed by atoms with E-state index < -0.39 is 0 Å². The number of carbonyl (C=O) groups is 1. The molecule has 29 heavy (non-hydrogen) atoms. The quantitative estimate of drug-likeness (QED) is 0.645. The van der Waals surface area contributed by atoms with Crippen molar-refractivity contribution in [3.05, 3.63) is 84.3 Å². The number of aromatic nitrogens is 2. The average Bonchev–Trinajstić information content (AvgIpc) is 2.79. The van der Waals surface area contributed by atoms with E-state index in [1.54, 1.807) is 4.90 Å². The summed E-state index contributed by atoms with van der Waals surface area (Å²) in [6.07, 6.45) is 3.81. The fraction of sp³-hybridized carbons (Fsp3) is 0.292. The van der Waals surface area contributed by atoms with E-state index >= 15 is 0 Å². The Hall–Kier alpha value is -3.21. The molecule has 2 aromatic carbocycles. The molecule has 0 aliphatic carbocycles. The van der Waals surface area contributed by atoms with Crippen molar-refractivity contribution in [3.8, 4) is 0 Å². The number of nitrogens with zero attached hydrogens (tertiary/aromatic N) is 4. The topological polar surface area (TPSA) is 49.3 Å². The smallest absolute Gasteiger partial charge is 0.277 e. The minimum absolute atomic E-state index is 0.117. The molecule has 0 radical (unpaired) electrons. The molecule has 0 N–H and O–H groups in total. The van der Waals surface area contributed by atoms with Crippen molar-refractivity contribution in [2.24, 2.45) is 5.92 Å². The minimum Gasteiger partial charge on any atom is -0.356 e. The van der Waals surface area contributed by atoms with Crippen molar-refractivity contribution < 1.29 is 4.79 Å². The Bertz CT molecular complexity index is 937. The van der Waals surface area contributed by atoms with E-state index in [0.717, 1.165) is 48.9 Å². The van der Waals surface area contributed by atoms with Crippen LogP contribution in [0.4, 0.5) is 11.5 Å². The van der Waals surface area contributed by atoms with E-state index in [1.165, 1.54) is 6.33 Å².